The lowest BCUT2D eigenvalue weighted by atomic mass is 9.81. The van der Waals surface area contributed by atoms with Crippen molar-refractivity contribution in [1.82, 2.24) is 4.90 Å². The van der Waals surface area contributed by atoms with Crippen molar-refractivity contribution in [3.8, 4) is 5.75 Å². The number of amides is 2. The van der Waals surface area contributed by atoms with Gasteiger partial charge in [0.25, 0.3) is 5.91 Å². The van der Waals surface area contributed by atoms with Gasteiger partial charge in [0, 0.05) is 31.4 Å². The number of benzene rings is 2. The second-order valence-electron chi connectivity index (χ2n) is 6.67. The minimum absolute atomic E-state index is 0.0423. The minimum atomic E-state index is -0.604. The number of nitrogens with zero attached hydrogens (tertiary/aromatic N) is 2. The molecule has 2 amide bonds. The van der Waals surface area contributed by atoms with Gasteiger partial charge in [-0.3, -0.25) is 9.59 Å². The van der Waals surface area contributed by atoms with E-state index in [0.717, 1.165) is 17.0 Å². The molecule has 1 fully saturated rings. The van der Waals surface area contributed by atoms with Crippen molar-refractivity contribution >= 4 is 17.5 Å². The van der Waals surface area contributed by atoms with E-state index in [1.165, 1.54) is 0 Å². The van der Waals surface area contributed by atoms with Gasteiger partial charge in [0.1, 0.15) is 5.75 Å². The summed E-state index contributed by atoms with van der Waals surface area (Å²) < 4.78 is 5.14. The Kier molecular flexibility index (Phi) is 3.53. The van der Waals surface area contributed by atoms with Crippen molar-refractivity contribution in [3.63, 3.8) is 0 Å². The predicted molar refractivity (Wildman–Crippen MR) is 95.0 cm³/mol. The van der Waals surface area contributed by atoms with Crippen LogP contribution in [0.5, 0.6) is 5.75 Å². The van der Waals surface area contributed by atoms with Gasteiger partial charge < -0.3 is 14.5 Å². The molecule has 0 N–H and O–H groups in total. The number of carbonyl (C=O) groups excluding carboxylic acids is 2. The topological polar surface area (TPSA) is 49.9 Å². The van der Waals surface area contributed by atoms with E-state index in [0.29, 0.717) is 25.1 Å². The van der Waals surface area contributed by atoms with Gasteiger partial charge >= 0.3 is 0 Å². The highest BCUT2D eigenvalue weighted by Crippen LogP contribution is 2.46. The Bertz CT molecular complexity index is 846. The van der Waals surface area contributed by atoms with Gasteiger partial charge in [-0.25, -0.2) is 0 Å². The van der Waals surface area contributed by atoms with Crippen LogP contribution in [0.25, 0.3) is 0 Å². The molecule has 5 nitrogen and oxygen atoms in total. The fraction of sp³-hybridized carbons (Fsp3) is 0.300. The Morgan fingerprint density at radius 2 is 1.84 bits per heavy atom. The lowest BCUT2D eigenvalue weighted by molar-refractivity contribution is -0.122. The number of likely N-dealkylation sites (N-methyl/N-ethyl adjacent to an activating group) is 1. The summed E-state index contributed by atoms with van der Waals surface area (Å²) in [6, 6.07) is 15.0. The normalized spacial score (nSPS) is 21.8. The minimum Gasteiger partial charge on any atom is -0.497 e. The quantitative estimate of drug-likeness (QED) is 0.846. The van der Waals surface area contributed by atoms with E-state index in [2.05, 4.69) is 0 Å². The van der Waals surface area contributed by atoms with Crippen LogP contribution in [-0.2, 0) is 10.2 Å². The highest BCUT2D eigenvalue weighted by molar-refractivity contribution is 6.09. The van der Waals surface area contributed by atoms with Gasteiger partial charge in [0.05, 0.1) is 12.5 Å². The summed E-state index contributed by atoms with van der Waals surface area (Å²) in [6.07, 6.45) is 0.662. The van der Waals surface area contributed by atoms with E-state index in [-0.39, 0.29) is 11.8 Å². The second kappa shape index (κ2) is 5.62. The van der Waals surface area contributed by atoms with Crippen LogP contribution in [0.3, 0.4) is 0 Å². The summed E-state index contributed by atoms with van der Waals surface area (Å²) in [5.41, 5.74) is 2.00. The first-order valence-corrected chi connectivity index (χ1v) is 8.38. The van der Waals surface area contributed by atoms with E-state index in [1.54, 1.807) is 41.2 Å². The SMILES string of the molecule is COc1ccc(C(=O)N2CC[C@@]3(C2)C(=O)N(C)c2ccccc23)cc1. The zero-order chi connectivity index (χ0) is 17.6. The van der Waals surface area contributed by atoms with E-state index < -0.39 is 5.41 Å². The number of anilines is 1. The average Bonchev–Trinajstić information content (AvgIpc) is 3.20. The maximum atomic E-state index is 12.9. The number of methoxy groups -OCH3 is 1. The first-order chi connectivity index (χ1) is 12.1. The molecule has 1 saturated heterocycles. The Balaban J connectivity index is 1.63. The maximum absolute atomic E-state index is 12.9. The van der Waals surface area contributed by atoms with Crippen LogP contribution in [-0.4, -0.2) is 44.0 Å². The third kappa shape index (κ3) is 2.22. The molecule has 2 heterocycles. The van der Waals surface area contributed by atoms with Gasteiger partial charge in [-0.2, -0.15) is 0 Å². The molecule has 5 heteroatoms. The lowest BCUT2D eigenvalue weighted by Crippen LogP contribution is -2.42. The zero-order valence-corrected chi connectivity index (χ0v) is 14.4. The Morgan fingerprint density at radius 1 is 1.12 bits per heavy atom. The molecule has 0 bridgehead atoms. The summed E-state index contributed by atoms with van der Waals surface area (Å²) in [6.45, 7) is 1.01. The smallest absolute Gasteiger partial charge is 0.253 e. The number of carbonyl (C=O) groups is 2. The van der Waals surface area contributed by atoms with Crippen LogP contribution in [0.15, 0.2) is 48.5 Å². The molecule has 0 unspecified atom stereocenters. The first kappa shape index (κ1) is 15.7. The van der Waals surface area contributed by atoms with Crippen molar-refractivity contribution in [2.45, 2.75) is 11.8 Å². The van der Waals surface area contributed by atoms with Crippen molar-refractivity contribution in [1.29, 1.82) is 0 Å². The highest BCUT2D eigenvalue weighted by Gasteiger charge is 2.54. The largest absolute Gasteiger partial charge is 0.497 e. The third-order valence-electron chi connectivity index (χ3n) is 5.39. The molecule has 128 valence electrons. The average molecular weight is 336 g/mol. The molecule has 2 aliphatic rings. The Morgan fingerprint density at radius 3 is 2.56 bits per heavy atom. The number of fused-ring (bicyclic) bond motifs is 2. The van der Waals surface area contributed by atoms with Gasteiger partial charge in [0.2, 0.25) is 5.91 Å². The van der Waals surface area contributed by atoms with E-state index in [4.69, 9.17) is 4.74 Å². The molecular weight excluding hydrogens is 316 g/mol. The number of para-hydroxylation sites is 1. The standard InChI is InChI=1S/C20H20N2O3/c1-21-17-6-4-3-5-16(17)20(19(21)24)11-12-22(13-20)18(23)14-7-9-15(25-2)10-8-14/h3-10H,11-13H2,1-2H3/t20-/m0/s1. The third-order valence-corrected chi connectivity index (χ3v) is 5.39. The Hall–Kier alpha value is -2.82. The fourth-order valence-electron chi connectivity index (χ4n) is 4.01. The molecule has 4 rings (SSSR count). The molecular formula is C20H20N2O3. The van der Waals surface area contributed by atoms with Crippen LogP contribution in [0.4, 0.5) is 5.69 Å². The summed E-state index contributed by atoms with van der Waals surface area (Å²) >= 11 is 0. The van der Waals surface area contributed by atoms with Crippen LogP contribution in [0.2, 0.25) is 0 Å². The monoisotopic (exact) mass is 336 g/mol. The van der Waals surface area contributed by atoms with Crippen LogP contribution in [0, 0.1) is 0 Å². The summed E-state index contributed by atoms with van der Waals surface area (Å²) in [5.74, 6) is 0.758. The van der Waals surface area contributed by atoms with Crippen LogP contribution < -0.4 is 9.64 Å². The van der Waals surface area contributed by atoms with Crippen molar-refractivity contribution < 1.29 is 14.3 Å². The van der Waals surface area contributed by atoms with Gasteiger partial charge in [-0.1, -0.05) is 18.2 Å². The van der Waals surface area contributed by atoms with E-state index in [1.807, 2.05) is 31.3 Å². The zero-order valence-electron chi connectivity index (χ0n) is 14.4. The second-order valence-corrected chi connectivity index (χ2v) is 6.67. The Labute approximate surface area is 146 Å². The summed E-state index contributed by atoms with van der Waals surface area (Å²) in [4.78, 5) is 29.3. The van der Waals surface area contributed by atoms with E-state index >= 15 is 0 Å². The molecule has 1 spiro atoms. The van der Waals surface area contributed by atoms with E-state index in [9.17, 15) is 9.59 Å². The number of ether oxygens (including phenoxy) is 1. The van der Waals surface area contributed by atoms with Gasteiger partial charge in [-0.15, -0.1) is 0 Å². The summed E-state index contributed by atoms with van der Waals surface area (Å²) in [5, 5.41) is 0. The molecule has 1 atom stereocenters. The van der Waals surface area contributed by atoms with Crippen molar-refractivity contribution in [2.75, 3.05) is 32.1 Å². The van der Waals surface area contributed by atoms with Gasteiger partial charge in [-0.05, 0) is 42.3 Å². The maximum Gasteiger partial charge on any atom is 0.253 e. The number of hydrogen-bond acceptors (Lipinski definition) is 3. The van der Waals surface area contributed by atoms with Gasteiger partial charge in [0.15, 0.2) is 0 Å². The molecule has 0 aliphatic carbocycles. The first-order valence-electron chi connectivity index (χ1n) is 8.38. The molecule has 0 radical (unpaired) electrons. The number of hydrogen-bond donors (Lipinski definition) is 0. The molecule has 0 aromatic heterocycles. The molecule has 2 aliphatic heterocycles. The molecule has 2 aromatic carbocycles. The van der Waals surface area contributed by atoms with Crippen LogP contribution in [0.1, 0.15) is 22.3 Å². The molecule has 2 aromatic rings. The fourth-order valence-corrected chi connectivity index (χ4v) is 4.01. The highest BCUT2D eigenvalue weighted by atomic mass is 16.5. The lowest BCUT2D eigenvalue weighted by Gasteiger charge is -2.23. The molecule has 25 heavy (non-hydrogen) atoms. The number of likely N-dealkylation sites (tertiary alicyclic amines) is 1. The van der Waals surface area contributed by atoms with Crippen molar-refractivity contribution in [2.24, 2.45) is 0 Å². The summed E-state index contributed by atoms with van der Waals surface area (Å²) in [7, 11) is 3.41. The molecule has 0 saturated carbocycles. The predicted octanol–water partition coefficient (Wildman–Crippen LogP) is 2.46. The van der Waals surface area contributed by atoms with Crippen molar-refractivity contribution in [3.05, 3.63) is 59.7 Å². The van der Waals surface area contributed by atoms with Crippen LogP contribution >= 0.6 is 0 Å². The number of rotatable bonds is 2.